The van der Waals surface area contributed by atoms with Crippen molar-refractivity contribution in [2.24, 2.45) is 0 Å². The van der Waals surface area contributed by atoms with E-state index in [4.69, 9.17) is 9.26 Å². The molecule has 0 amide bonds. The topological polar surface area (TPSA) is 35.5 Å². The van der Waals surface area contributed by atoms with E-state index in [-0.39, 0.29) is 6.35 Å². The summed E-state index contributed by atoms with van der Waals surface area (Å²) in [4.78, 5) is 0. The van der Waals surface area contributed by atoms with Crippen LogP contribution in [0, 0.1) is 0 Å². The summed E-state index contributed by atoms with van der Waals surface area (Å²) in [5.41, 5.74) is 0.997. The maximum absolute atomic E-state index is 12.3. The lowest BCUT2D eigenvalue weighted by Gasteiger charge is -2.16. The van der Waals surface area contributed by atoms with E-state index in [9.17, 15) is 4.57 Å². The standard InChI is InChI=1S/C11H16BrO3P/c1-3-15-16(13,9-14-2)8-10-4-6-11(12)7-5-10/h4-7H,3,8-9H2,1-2H3. The van der Waals surface area contributed by atoms with Crippen LogP contribution in [0.5, 0.6) is 0 Å². The van der Waals surface area contributed by atoms with Crippen molar-refractivity contribution in [3.8, 4) is 0 Å². The Hall–Kier alpha value is -0.150. The van der Waals surface area contributed by atoms with Gasteiger partial charge in [-0.05, 0) is 24.6 Å². The van der Waals surface area contributed by atoms with E-state index in [0.717, 1.165) is 10.0 Å². The first-order chi connectivity index (χ1) is 7.59. The molecule has 1 aromatic rings. The van der Waals surface area contributed by atoms with Crippen molar-refractivity contribution in [1.29, 1.82) is 0 Å². The van der Waals surface area contributed by atoms with Crippen LogP contribution in [0.2, 0.25) is 0 Å². The molecule has 0 saturated carbocycles. The molecule has 0 aromatic heterocycles. The molecule has 0 spiro atoms. The molecule has 0 aliphatic heterocycles. The van der Waals surface area contributed by atoms with Crippen LogP contribution in [0.25, 0.3) is 0 Å². The van der Waals surface area contributed by atoms with E-state index in [1.54, 1.807) is 0 Å². The number of rotatable bonds is 6. The van der Waals surface area contributed by atoms with E-state index in [1.165, 1.54) is 7.11 Å². The molecule has 3 nitrogen and oxygen atoms in total. The molecule has 1 aromatic carbocycles. The zero-order chi connectivity index (χ0) is 12.0. The van der Waals surface area contributed by atoms with Gasteiger partial charge in [-0.15, -0.1) is 0 Å². The highest BCUT2D eigenvalue weighted by Crippen LogP contribution is 2.49. The van der Waals surface area contributed by atoms with Gasteiger partial charge < -0.3 is 9.26 Å². The van der Waals surface area contributed by atoms with E-state index >= 15 is 0 Å². The average molecular weight is 307 g/mol. The molecule has 0 aliphatic carbocycles. The summed E-state index contributed by atoms with van der Waals surface area (Å²) in [6.45, 7) is 2.28. The quantitative estimate of drug-likeness (QED) is 0.749. The summed E-state index contributed by atoms with van der Waals surface area (Å²) in [6.07, 6.45) is 0.582. The van der Waals surface area contributed by atoms with E-state index in [1.807, 2.05) is 31.2 Å². The summed E-state index contributed by atoms with van der Waals surface area (Å²) in [5.74, 6) is 0. The maximum Gasteiger partial charge on any atom is 0.232 e. The summed E-state index contributed by atoms with van der Waals surface area (Å²) >= 11 is 3.36. The number of methoxy groups -OCH3 is 1. The third-order valence-corrected chi connectivity index (χ3v) is 4.78. The first-order valence-electron chi connectivity index (χ1n) is 5.05. The van der Waals surface area contributed by atoms with Gasteiger partial charge in [0.05, 0.1) is 12.8 Å². The monoisotopic (exact) mass is 306 g/mol. The van der Waals surface area contributed by atoms with Gasteiger partial charge in [0.25, 0.3) is 0 Å². The largest absolute Gasteiger partial charge is 0.375 e. The van der Waals surface area contributed by atoms with Crippen LogP contribution < -0.4 is 0 Å². The SMILES string of the molecule is CCOP(=O)(COC)Cc1ccc(Br)cc1. The number of halogens is 1. The molecule has 0 bridgehead atoms. The Morgan fingerprint density at radius 2 is 1.94 bits per heavy atom. The van der Waals surface area contributed by atoms with Crippen LogP contribution in [0.15, 0.2) is 28.7 Å². The second kappa shape index (κ2) is 6.55. The van der Waals surface area contributed by atoms with Gasteiger partial charge in [0.15, 0.2) is 0 Å². The number of hydrogen-bond acceptors (Lipinski definition) is 3. The molecule has 1 atom stereocenters. The van der Waals surface area contributed by atoms with Crippen LogP contribution in [-0.4, -0.2) is 20.1 Å². The van der Waals surface area contributed by atoms with Crippen LogP contribution in [-0.2, 0) is 20.0 Å². The van der Waals surface area contributed by atoms with Crippen molar-refractivity contribution in [2.75, 3.05) is 20.1 Å². The van der Waals surface area contributed by atoms with Gasteiger partial charge in [0.2, 0.25) is 7.37 Å². The lowest BCUT2D eigenvalue weighted by molar-refractivity contribution is 0.222. The molecule has 0 N–H and O–H groups in total. The van der Waals surface area contributed by atoms with Crippen molar-refractivity contribution < 1.29 is 13.8 Å². The minimum Gasteiger partial charge on any atom is -0.375 e. The van der Waals surface area contributed by atoms with Gasteiger partial charge in [-0.3, -0.25) is 4.57 Å². The molecule has 1 rings (SSSR count). The van der Waals surface area contributed by atoms with Gasteiger partial charge in [-0.1, -0.05) is 28.1 Å². The van der Waals surface area contributed by atoms with Crippen molar-refractivity contribution in [2.45, 2.75) is 13.1 Å². The third-order valence-electron chi connectivity index (χ3n) is 2.03. The number of ether oxygens (including phenoxy) is 1. The summed E-state index contributed by atoms with van der Waals surface area (Å²) in [7, 11) is -1.16. The molecule has 0 saturated heterocycles. The molecule has 0 heterocycles. The van der Waals surface area contributed by atoms with Crippen molar-refractivity contribution in [3.63, 3.8) is 0 Å². The Balaban J connectivity index is 2.75. The van der Waals surface area contributed by atoms with Crippen LogP contribution >= 0.6 is 23.3 Å². The molecule has 16 heavy (non-hydrogen) atoms. The van der Waals surface area contributed by atoms with E-state index in [0.29, 0.717) is 12.8 Å². The molecule has 0 aliphatic rings. The summed E-state index contributed by atoms with van der Waals surface area (Å²) < 4.78 is 23.6. The predicted molar refractivity (Wildman–Crippen MR) is 69.0 cm³/mol. The Morgan fingerprint density at radius 1 is 1.31 bits per heavy atom. The summed E-state index contributed by atoms with van der Waals surface area (Å²) in [5, 5.41) is 0. The van der Waals surface area contributed by atoms with Crippen LogP contribution in [0.1, 0.15) is 12.5 Å². The van der Waals surface area contributed by atoms with Crippen LogP contribution in [0.3, 0.4) is 0 Å². The van der Waals surface area contributed by atoms with Crippen molar-refractivity contribution >= 4 is 23.3 Å². The Morgan fingerprint density at radius 3 is 2.44 bits per heavy atom. The first kappa shape index (κ1) is 13.9. The predicted octanol–water partition coefficient (Wildman–Crippen LogP) is 3.87. The normalized spacial score (nSPS) is 14.7. The Kier molecular flexibility index (Phi) is 5.70. The zero-order valence-electron chi connectivity index (χ0n) is 9.48. The first-order valence-corrected chi connectivity index (χ1v) is 7.84. The fourth-order valence-corrected chi connectivity index (χ4v) is 3.58. The highest BCUT2D eigenvalue weighted by molar-refractivity contribution is 9.10. The highest BCUT2D eigenvalue weighted by Gasteiger charge is 2.22. The minimum absolute atomic E-state index is 0.164. The van der Waals surface area contributed by atoms with Gasteiger partial charge in [-0.2, -0.15) is 0 Å². The second-order valence-electron chi connectivity index (χ2n) is 3.43. The fraction of sp³-hybridized carbons (Fsp3) is 0.455. The van der Waals surface area contributed by atoms with Crippen molar-refractivity contribution in [1.82, 2.24) is 0 Å². The smallest absolute Gasteiger partial charge is 0.232 e. The molecule has 5 heteroatoms. The molecular weight excluding hydrogens is 291 g/mol. The lowest BCUT2D eigenvalue weighted by Crippen LogP contribution is -2.00. The van der Waals surface area contributed by atoms with E-state index in [2.05, 4.69) is 15.9 Å². The fourth-order valence-electron chi connectivity index (χ4n) is 1.43. The van der Waals surface area contributed by atoms with Crippen LogP contribution in [0.4, 0.5) is 0 Å². The lowest BCUT2D eigenvalue weighted by atomic mass is 10.2. The molecular formula is C11H16BrO3P. The van der Waals surface area contributed by atoms with Gasteiger partial charge >= 0.3 is 0 Å². The minimum atomic E-state index is -2.69. The zero-order valence-corrected chi connectivity index (χ0v) is 12.0. The molecule has 0 radical (unpaired) electrons. The molecule has 90 valence electrons. The Bertz CT molecular complexity index is 354. The number of hydrogen-bond donors (Lipinski definition) is 0. The highest BCUT2D eigenvalue weighted by atomic mass is 79.9. The molecule has 0 fully saturated rings. The van der Waals surface area contributed by atoms with Gasteiger partial charge in [-0.25, -0.2) is 0 Å². The Labute approximate surface area is 105 Å². The maximum atomic E-state index is 12.3. The van der Waals surface area contributed by atoms with Crippen molar-refractivity contribution in [3.05, 3.63) is 34.3 Å². The number of benzene rings is 1. The third kappa shape index (κ3) is 4.38. The second-order valence-corrected chi connectivity index (χ2v) is 6.81. The van der Waals surface area contributed by atoms with Gasteiger partial charge in [0, 0.05) is 11.6 Å². The van der Waals surface area contributed by atoms with Gasteiger partial charge in [0.1, 0.15) is 6.35 Å². The van der Waals surface area contributed by atoms with E-state index < -0.39 is 7.37 Å². The molecule has 1 unspecified atom stereocenters. The summed E-state index contributed by atoms with van der Waals surface area (Å²) in [6, 6.07) is 7.73. The average Bonchev–Trinajstić information content (AvgIpc) is 2.22.